The summed E-state index contributed by atoms with van der Waals surface area (Å²) in [5.41, 5.74) is 0. The van der Waals surface area contributed by atoms with Crippen LogP contribution in [0.15, 0.2) is 6.20 Å². The number of carbonyl (C=O) groups is 1. The Labute approximate surface area is 112 Å². The molecule has 6 heteroatoms. The Balaban J connectivity index is 1.80. The van der Waals surface area contributed by atoms with Gasteiger partial charge in [0.1, 0.15) is 0 Å². The fourth-order valence-electron chi connectivity index (χ4n) is 1.98. The number of nitrogens with one attached hydrogen (secondary N) is 1. The molecular weight excluding hydrogens is 248 g/mol. The number of rotatable bonds is 4. The van der Waals surface area contributed by atoms with Crippen LogP contribution in [0.25, 0.3) is 0 Å². The molecule has 2 heterocycles. The Morgan fingerprint density at radius 1 is 1.56 bits per heavy atom. The summed E-state index contributed by atoms with van der Waals surface area (Å²) >= 11 is 1.65. The van der Waals surface area contributed by atoms with Gasteiger partial charge in [0.25, 0.3) is 0 Å². The van der Waals surface area contributed by atoms with Crippen LogP contribution in [0.5, 0.6) is 0 Å². The first-order valence-electron chi connectivity index (χ1n) is 6.23. The van der Waals surface area contributed by atoms with Crippen LogP contribution in [0.3, 0.4) is 0 Å². The van der Waals surface area contributed by atoms with E-state index in [0.29, 0.717) is 13.1 Å². The van der Waals surface area contributed by atoms with Crippen molar-refractivity contribution in [3.05, 3.63) is 16.1 Å². The van der Waals surface area contributed by atoms with E-state index in [0.717, 1.165) is 36.1 Å². The third-order valence-electron chi connectivity index (χ3n) is 3.06. The molecule has 1 N–H and O–H groups in total. The second-order valence-corrected chi connectivity index (χ2v) is 5.94. The van der Waals surface area contributed by atoms with Gasteiger partial charge in [-0.05, 0) is 6.92 Å². The monoisotopic (exact) mass is 268 g/mol. The van der Waals surface area contributed by atoms with Gasteiger partial charge in [-0.3, -0.25) is 9.69 Å². The lowest BCUT2D eigenvalue weighted by Gasteiger charge is -2.28. The average molecular weight is 268 g/mol. The van der Waals surface area contributed by atoms with E-state index < -0.39 is 0 Å². The number of hydrogen-bond acceptors (Lipinski definition) is 5. The second-order valence-electron chi connectivity index (χ2n) is 4.62. The van der Waals surface area contributed by atoms with Gasteiger partial charge in [-0.15, -0.1) is 11.3 Å². The number of amides is 1. The van der Waals surface area contributed by atoms with Crippen LogP contribution in [0.2, 0.25) is 0 Å². The quantitative estimate of drug-likeness (QED) is 0.854. The minimum absolute atomic E-state index is 0.183. The van der Waals surface area contributed by atoms with Crippen LogP contribution < -0.4 is 5.32 Å². The molecular formula is C12H20N4OS. The maximum Gasteiger partial charge on any atom is 0.236 e. The molecule has 5 nitrogen and oxygen atoms in total. The number of thiazole rings is 1. The number of aryl methyl sites for hydroxylation is 1. The fourth-order valence-corrected chi connectivity index (χ4v) is 2.83. The van der Waals surface area contributed by atoms with Crippen molar-refractivity contribution in [2.24, 2.45) is 0 Å². The van der Waals surface area contributed by atoms with E-state index in [9.17, 15) is 4.79 Å². The smallest absolute Gasteiger partial charge is 0.236 e. The predicted molar refractivity (Wildman–Crippen MR) is 72.6 cm³/mol. The van der Waals surface area contributed by atoms with Gasteiger partial charge in [0.05, 0.1) is 18.1 Å². The number of nitrogens with zero attached hydrogens (tertiary/aromatic N) is 3. The molecule has 1 aromatic rings. The summed E-state index contributed by atoms with van der Waals surface area (Å²) < 4.78 is 0. The summed E-state index contributed by atoms with van der Waals surface area (Å²) in [5, 5.41) is 4.34. The van der Waals surface area contributed by atoms with Crippen LogP contribution in [0.4, 0.5) is 0 Å². The first kappa shape index (κ1) is 13.5. The molecule has 1 aliphatic heterocycles. The number of aromatic nitrogens is 1. The van der Waals surface area contributed by atoms with E-state index in [1.807, 2.05) is 20.2 Å². The maximum atomic E-state index is 12.1. The van der Waals surface area contributed by atoms with Gasteiger partial charge in [0.15, 0.2) is 0 Å². The third kappa shape index (κ3) is 3.76. The first-order valence-corrected chi connectivity index (χ1v) is 7.05. The average Bonchev–Trinajstić information content (AvgIpc) is 2.76. The molecule has 0 unspecified atom stereocenters. The van der Waals surface area contributed by atoms with Crippen molar-refractivity contribution in [3.63, 3.8) is 0 Å². The van der Waals surface area contributed by atoms with Crippen molar-refractivity contribution < 1.29 is 4.79 Å². The van der Waals surface area contributed by atoms with Gasteiger partial charge in [0.2, 0.25) is 5.91 Å². The second kappa shape index (κ2) is 6.26. The predicted octanol–water partition coefficient (Wildman–Crippen LogP) is 0.315. The lowest BCUT2D eigenvalue weighted by Crippen LogP contribution is -2.47. The first-order chi connectivity index (χ1) is 8.65. The minimum atomic E-state index is 0.183. The fraction of sp³-hybridized carbons (Fsp3) is 0.667. The molecule has 1 fully saturated rings. The summed E-state index contributed by atoms with van der Waals surface area (Å²) in [6, 6.07) is 0. The van der Waals surface area contributed by atoms with Crippen molar-refractivity contribution in [2.75, 3.05) is 39.8 Å². The summed E-state index contributed by atoms with van der Waals surface area (Å²) in [7, 11) is 1.86. The van der Waals surface area contributed by atoms with Crippen LogP contribution in [-0.2, 0) is 11.3 Å². The Hall–Kier alpha value is -0.980. The zero-order valence-corrected chi connectivity index (χ0v) is 11.8. The molecule has 0 atom stereocenters. The molecule has 2 rings (SSSR count). The topological polar surface area (TPSA) is 48.5 Å². The molecule has 100 valence electrons. The summed E-state index contributed by atoms with van der Waals surface area (Å²) in [5.74, 6) is 0.183. The SMILES string of the molecule is Cc1ncc(CN(C)C(=O)CN2CCNCC2)s1. The van der Waals surface area contributed by atoms with Gasteiger partial charge in [-0.25, -0.2) is 4.98 Å². The van der Waals surface area contributed by atoms with Crippen molar-refractivity contribution in [1.29, 1.82) is 0 Å². The number of likely N-dealkylation sites (N-methyl/N-ethyl adjacent to an activating group) is 1. The van der Waals surface area contributed by atoms with Crippen molar-refractivity contribution >= 4 is 17.2 Å². The van der Waals surface area contributed by atoms with Gasteiger partial charge in [-0.1, -0.05) is 0 Å². The van der Waals surface area contributed by atoms with Gasteiger partial charge in [-0.2, -0.15) is 0 Å². The van der Waals surface area contributed by atoms with E-state index in [1.54, 1.807) is 16.2 Å². The van der Waals surface area contributed by atoms with Gasteiger partial charge < -0.3 is 10.2 Å². The highest BCUT2D eigenvalue weighted by Crippen LogP contribution is 2.13. The summed E-state index contributed by atoms with van der Waals surface area (Å²) in [4.78, 5) is 21.4. The van der Waals surface area contributed by atoms with E-state index in [1.165, 1.54) is 0 Å². The molecule has 1 aromatic heterocycles. The van der Waals surface area contributed by atoms with E-state index in [2.05, 4.69) is 15.2 Å². The number of piperazine rings is 1. The van der Waals surface area contributed by atoms with E-state index >= 15 is 0 Å². The normalized spacial score (nSPS) is 16.8. The lowest BCUT2D eigenvalue weighted by molar-refractivity contribution is -0.131. The molecule has 0 spiro atoms. The Kier molecular flexibility index (Phi) is 4.68. The summed E-state index contributed by atoms with van der Waals surface area (Å²) in [6.07, 6.45) is 1.86. The Morgan fingerprint density at radius 2 is 2.28 bits per heavy atom. The Bertz CT molecular complexity index is 401. The van der Waals surface area contributed by atoms with E-state index in [-0.39, 0.29) is 5.91 Å². The zero-order chi connectivity index (χ0) is 13.0. The lowest BCUT2D eigenvalue weighted by atomic mass is 10.3. The Morgan fingerprint density at radius 3 is 2.89 bits per heavy atom. The van der Waals surface area contributed by atoms with Gasteiger partial charge >= 0.3 is 0 Å². The van der Waals surface area contributed by atoms with Crippen molar-refractivity contribution in [1.82, 2.24) is 20.1 Å². The third-order valence-corrected chi connectivity index (χ3v) is 3.95. The van der Waals surface area contributed by atoms with E-state index in [4.69, 9.17) is 0 Å². The van der Waals surface area contributed by atoms with Crippen LogP contribution in [0, 0.1) is 6.92 Å². The van der Waals surface area contributed by atoms with Gasteiger partial charge in [0, 0.05) is 44.3 Å². The van der Waals surface area contributed by atoms with Crippen LogP contribution in [0.1, 0.15) is 9.88 Å². The molecule has 0 aromatic carbocycles. The molecule has 18 heavy (non-hydrogen) atoms. The minimum Gasteiger partial charge on any atom is -0.339 e. The molecule has 0 bridgehead atoms. The van der Waals surface area contributed by atoms with Crippen LogP contribution in [-0.4, -0.2) is 60.5 Å². The molecule has 0 radical (unpaired) electrons. The standard InChI is InChI=1S/C12H20N4OS/c1-10-14-7-11(18-10)8-15(2)12(17)9-16-5-3-13-4-6-16/h7,13H,3-6,8-9H2,1-2H3. The maximum absolute atomic E-state index is 12.1. The molecule has 1 amide bonds. The van der Waals surface area contributed by atoms with Crippen LogP contribution >= 0.6 is 11.3 Å². The zero-order valence-electron chi connectivity index (χ0n) is 11.0. The summed E-state index contributed by atoms with van der Waals surface area (Å²) in [6.45, 7) is 7.04. The number of hydrogen-bond donors (Lipinski definition) is 1. The van der Waals surface area contributed by atoms with Crippen molar-refractivity contribution in [2.45, 2.75) is 13.5 Å². The molecule has 1 aliphatic rings. The molecule has 0 saturated carbocycles. The highest BCUT2D eigenvalue weighted by Gasteiger charge is 2.16. The number of carbonyl (C=O) groups excluding carboxylic acids is 1. The molecule has 0 aliphatic carbocycles. The molecule has 1 saturated heterocycles. The van der Waals surface area contributed by atoms with Crippen molar-refractivity contribution in [3.8, 4) is 0 Å². The highest BCUT2D eigenvalue weighted by molar-refractivity contribution is 7.11. The highest BCUT2D eigenvalue weighted by atomic mass is 32.1. The largest absolute Gasteiger partial charge is 0.339 e.